The summed E-state index contributed by atoms with van der Waals surface area (Å²) in [6, 6.07) is 18.4. The molecule has 0 heterocycles. The zero-order valence-corrected chi connectivity index (χ0v) is 24.2. The number of rotatable bonds is 13. The van der Waals surface area contributed by atoms with Crippen LogP contribution in [0.2, 0.25) is 0 Å². The third-order valence-electron chi connectivity index (χ3n) is 6.59. The number of amides is 2. The third-order valence-corrected chi connectivity index (χ3v) is 8.38. The van der Waals surface area contributed by atoms with Crippen molar-refractivity contribution in [1.82, 2.24) is 10.2 Å². The summed E-state index contributed by atoms with van der Waals surface area (Å²) >= 11 is 0. The van der Waals surface area contributed by atoms with Gasteiger partial charge in [0.15, 0.2) is 0 Å². The van der Waals surface area contributed by atoms with E-state index in [-0.39, 0.29) is 28.9 Å². The van der Waals surface area contributed by atoms with Crippen LogP contribution in [0.15, 0.2) is 83.8 Å². The molecule has 0 aromatic heterocycles. The Morgan fingerprint density at radius 2 is 1.68 bits per heavy atom. The fourth-order valence-corrected chi connectivity index (χ4v) is 5.45. The SMILES string of the molecule is CCC(C)NC(=O)C(C)N(Cc1cccc(OC)c1)C(=O)CN(c1cccc([N+](=O)[O-])c1)S(=O)(=O)c1ccccc1. The van der Waals surface area contributed by atoms with Gasteiger partial charge in [0.1, 0.15) is 18.3 Å². The van der Waals surface area contributed by atoms with E-state index in [1.807, 2.05) is 13.8 Å². The van der Waals surface area contributed by atoms with Gasteiger partial charge in [0, 0.05) is 24.7 Å². The zero-order chi connectivity index (χ0) is 30.2. The number of benzene rings is 3. The molecule has 3 rings (SSSR count). The minimum absolute atomic E-state index is 0.0146. The number of carbonyl (C=O) groups excluding carboxylic acids is 2. The van der Waals surface area contributed by atoms with Crippen LogP contribution in [0.4, 0.5) is 11.4 Å². The Balaban J connectivity index is 2.06. The van der Waals surface area contributed by atoms with Crippen LogP contribution in [0.3, 0.4) is 0 Å². The van der Waals surface area contributed by atoms with Crippen molar-refractivity contribution in [3.63, 3.8) is 0 Å². The summed E-state index contributed by atoms with van der Waals surface area (Å²) in [5.41, 5.74) is 0.265. The molecule has 218 valence electrons. The second kappa shape index (κ2) is 13.8. The minimum Gasteiger partial charge on any atom is -0.497 e. The van der Waals surface area contributed by atoms with E-state index >= 15 is 0 Å². The molecule has 2 amide bonds. The summed E-state index contributed by atoms with van der Waals surface area (Å²) in [5.74, 6) is -0.523. The van der Waals surface area contributed by atoms with Crippen LogP contribution >= 0.6 is 0 Å². The Morgan fingerprint density at radius 1 is 1.00 bits per heavy atom. The highest BCUT2D eigenvalue weighted by atomic mass is 32.2. The number of sulfonamides is 1. The van der Waals surface area contributed by atoms with Gasteiger partial charge in [0.05, 0.1) is 22.6 Å². The number of nitro groups is 1. The number of ether oxygens (including phenoxy) is 1. The van der Waals surface area contributed by atoms with E-state index in [9.17, 15) is 28.1 Å². The Kier molecular flexibility index (Phi) is 10.4. The number of nitro benzene ring substituents is 1. The number of non-ortho nitro benzene ring substituents is 1. The first kappa shape index (κ1) is 31.1. The van der Waals surface area contributed by atoms with E-state index in [1.54, 1.807) is 37.3 Å². The van der Waals surface area contributed by atoms with Crippen molar-refractivity contribution in [1.29, 1.82) is 0 Å². The van der Waals surface area contributed by atoms with Gasteiger partial charge in [-0.15, -0.1) is 0 Å². The lowest BCUT2D eigenvalue weighted by Gasteiger charge is -2.32. The fourth-order valence-electron chi connectivity index (χ4n) is 4.03. The van der Waals surface area contributed by atoms with Crippen LogP contribution in [0, 0.1) is 10.1 Å². The molecule has 0 aliphatic rings. The average Bonchev–Trinajstić information content (AvgIpc) is 2.98. The summed E-state index contributed by atoms with van der Waals surface area (Å²) in [6.45, 7) is 4.61. The van der Waals surface area contributed by atoms with E-state index in [2.05, 4.69) is 5.32 Å². The molecule has 0 aliphatic carbocycles. The van der Waals surface area contributed by atoms with E-state index < -0.39 is 39.3 Å². The molecule has 0 fully saturated rings. The molecule has 2 unspecified atom stereocenters. The predicted octanol–water partition coefficient (Wildman–Crippen LogP) is 4.13. The van der Waals surface area contributed by atoms with Crippen molar-refractivity contribution in [2.24, 2.45) is 0 Å². The van der Waals surface area contributed by atoms with Gasteiger partial charge in [0.2, 0.25) is 11.8 Å². The van der Waals surface area contributed by atoms with Crippen LogP contribution in [0.5, 0.6) is 5.75 Å². The number of nitrogens with one attached hydrogen (secondary N) is 1. The average molecular weight is 583 g/mol. The molecule has 1 N–H and O–H groups in total. The standard InChI is InChI=1S/C29H34N4O7S/c1-5-21(2)30-29(35)22(3)31(19-23-11-9-14-26(17-23)40-4)28(34)20-32(24-12-10-13-25(18-24)33(36)37)41(38,39)27-15-7-6-8-16-27/h6-18,21-22H,5,19-20H2,1-4H3,(H,30,35). The van der Waals surface area contributed by atoms with Gasteiger partial charge in [0.25, 0.3) is 15.7 Å². The van der Waals surface area contributed by atoms with Gasteiger partial charge in [-0.1, -0.05) is 43.3 Å². The van der Waals surface area contributed by atoms with E-state index in [1.165, 1.54) is 54.5 Å². The maximum absolute atomic E-state index is 14.0. The fraction of sp³-hybridized carbons (Fsp3) is 0.310. The lowest BCUT2D eigenvalue weighted by atomic mass is 10.1. The lowest BCUT2D eigenvalue weighted by molar-refractivity contribution is -0.384. The van der Waals surface area contributed by atoms with Crippen molar-refractivity contribution in [2.45, 2.75) is 50.7 Å². The van der Waals surface area contributed by atoms with Gasteiger partial charge < -0.3 is 15.0 Å². The molecule has 0 saturated heterocycles. The number of hydrogen-bond donors (Lipinski definition) is 1. The van der Waals surface area contributed by atoms with Gasteiger partial charge in [-0.3, -0.25) is 24.0 Å². The number of carbonyl (C=O) groups is 2. The third kappa shape index (κ3) is 7.82. The maximum atomic E-state index is 14.0. The van der Waals surface area contributed by atoms with E-state index in [4.69, 9.17) is 4.74 Å². The largest absolute Gasteiger partial charge is 0.497 e. The van der Waals surface area contributed by atoms with Gasteiger partial charge in [-0.05, 0) is 56.2 Å². The normalized spacial score (nSPS) is 12.6. The first-order valence-corrected chi connectivity index (χ1v) is 14.5. The zero-order valence-electron chi connectivity index (χ0n) is 23.4. The summed E-state index contributed by atoms with van der Waals surface area (Å²) in [4.78, 5) is 39.1. The summed E-state index contributed by atoms with van der Waals surface area (Å²) in [6.07, 6.45) is 0.679. The van der Waals surface area contributed by atoms with Gasteiger partial charge in [-0.2, -0.15) is 0 Å². The van der Waals surface area contributed by atoms with Gasteiger partial charge in [-0.25, -0.2) is 8.42 Å². The van der Waals surface area contributed by atoms with Crippen LogP contribution < -0.4 is 14.4 Å². The molecule has 3 aromatic carbocycles. The highest BCUT2D eigenvalue weighted by Crippen LogP contribution is 2.27. The maximum Gasteiger partial charge on any atom is 0.271 e. The quantitative estimate of drug-likeness (QED) is 0.236. The van der Waals surface area contributed by atoms with Crippen LogP contribution in [-0.4, -0.2) is 55.8 Å². The molecule has 12 heteroatoms. The molecule has 3 aromatic rings. The predicted molar refractivity (Wildman–Crippen MR) is 155 cm³/mol. The Labute approximate surface area is 239 Å². The smallest absolute Gasteiger partial charge is 0.271 e. The van der Waals surface area contributed by atoms with E-state index in [0.717, 1.165) is 10.4 Å². The van der Waals surface area contributed by atoms with Crippen molar-refractivity contribution in [2.75, 3.05) is 18.0 Å². The molecular weight excluding hydrogens is 548 g/mol. The second-order valence-electron chi connectivity index (χ2n) is 9.47. The van der Waals surface area contributed by atoms with Crippen molar-refractivity contribution in [3.8, 4) is 5.75 Å². The number of methoxy groups -OCH3 is 1. The highest BCUT2D eigenvalue weighted by Gasteiger charge is 2.33. The van der Waals surface area contributed by atoms with Gasteiger partial charge >= 0.3 is 0 Å². The molecule has 0 aliphatic heterocycles. The lowest BCUT2D eigenvalue weighted by Crippen LogP contribution is -2.52. The molecule has 0 bridgehead atoms. The first-order valence-electron chi connectivity index (χ1n) is 13.0. The molecule has 11 nitrogen and oxygen atoms in total. The topological polar surface area (TPSA) is 139 Å². The summed E-state index contributed by atoms with van der Waals surface area (Å²) in [5, 5.41) is 14.3. The van der Waals surface area contributed by atoms with Crippen molar-refractivity contribution >= 4 is 33.2 Å². The second-order valence-corrected chi connectivity index (χ2v) is 11.3. The van der Waals surface area contributed by atoms with Crippen molar-refractivity contribution < 1.29 is 27.7 Å². The Morgan fingerprint density at radius 3 is 2.32 bits per heavy atom. The minimum atomic E-state index is -4.33. The Bertz CT molecular complexity index is 1480. The van der Waals surface area contributed by atoms with E-state index in [0.29, 0.717) is 17.7 Å². The molecule has 0 spiro atoms. The summed E-state index contributed by atoms with van der Waals surface area (Å²) in [7, 11) is -2.83. The Hall–Kier alpha value is -4.45. The highest BCUT2D eigenvalue weighted by molar-refractivity contribution is 7.92. The monoisotopic (exact) mass is 582 g/mol. The number of nitrogens with zero attached hydrogens (tertiary/aromatic N) is 3. The summed E-state index contributed by atoms with van der Waals surface area (Å²) < 4.78 is 33.7. The number of hydrogen-bond acceptors (Lipinski definition) is 7. The first-order chi connectivity index (χ1) is 19.5. The van der Waals surface area contributed by atoms with Crippen LogP contribution in [0.25, 0.3) is 0 Å². The molecule has 2 atom stereocenters. The van der Waals surface area contributed by atoms with Crippen LogP contribution in [-0.2, 0) is 26.2 Å². The molecule has 0 saturated carbocycles. The van der Waals surface area contributed by atoms with Crippen LogP contribution in [0.1, 0.15) is 32.8 Å². The molecule has 41 heavy (non-hydrogen) atoms. The molecule has 0 radical (unpaired) electrons. The molecular formula is C29H34N4O7S. The number of anilines is 1. The van der Waals surface area contributed by atoms with Crippen molar-refractivity contribution in [3.05, 3.63) is 94.5 Å².